The second-order valence-electron chi connectivity index (χ2n) is 9.42. The van der Waals surface area contributed by atoms with Crippen LogP contribution < -0.4 is 19.3 Å². The normalized spacial score (nSPS) is 14.9. The highest BCUT2D eigenvalue weighted by Crippen LogP contribution is 2.38. The molecule has 2 amide bonds. The number of fused-ring (bicyclic) bond motifs is 2. The number of benzene rings is 2. The van der Waals surface area contributed by atoms with E-state index >= 15 is 0 Å². The fraction of sp³-hybridized carbons (Fsp3) is 0.379. The first-order chi connectivity index (χ1) is 20.7. The minimum absolute atomic E-state index is 0.00310. The van der Waals surface area contributed by atoms with Crippen molar-refractivity contribution in [1.29, 1.82) is 0 Å². The third-order valence-electron chi connectivity index (χ3n) is 6.43. The number of rotatable bonds is 8. The van der Waals surface area contributed by atoms with Gasteiger partial charge in [-0.05, 0) is 33.8 Å². The molecule has 2 aliphatic heterocycles. The highest BCUT2D eigenvalue weighted by atomic mass is 19.1. The smallest absolute Gasteiger partial charge is 0.328 e. The van der Waals surface area contributed by atoms with Crippen molar-refractivity contribution in [3.8, 4) is 17.2 Å². The average Bonchev–Trinajstić information content (AvgIpc) is 2.97. The van der Waals surface area contributed by atoms with E-state index in [2.05, 4.69) is 0 Å². The minimum Gasteiger partial charge on any atom is -0.505 e. The third-order valence-corrected chi connectivity index (χ3v) is 6.43. The molecule has 2 unspecified atom stereocenters. The van der Waals surface area contributed by atoms with Crippen molar-refractivity contribution in [2.75, 3.05) is 36.2 Å². The molecular weight excluding hydrogens is 590 g/mol. The molecule has 0 fully saturated rings. The van der Waals surface area contributed by atoms with Crippen molar-refractivity contribution in [3.63, 3.8) is 0 Å². The molecule has 2 aromatic carbocycles. The summed E-state index contributed by atoms with van der Waals surface area (Å²) in [5.41, 5.74) is -0.306. The van der Waals surface area contributed by atoms with Crippen LogP contribution in [0.25, 0.3) is 0 Å². The molecule has 2 atom stereocenters. The number of phenolic OH excluding ortho intramolecular Hbond substituents is 1. The number of nitrogens with zero attached hydrogens (tertiary/aromatic N) is 2. The van der Waals surface area contributed by atoms with Crippen LogP contribution >= 0.6 is 0 Å². The number of phenols is 1. The van der Waals surface area contributed by atoms with Crippen molar-refractivity contribution in [3.05, 3.63) is 41.5 Å². The molecule has 4 rings (SSSR count). The first-order valence-electron chi connectivity index (χ1n) is 13.4. The first-order valence-corrected chi connectivity index (χ1v) is 13.4. The molecule has 1 N–H and O–H groups in total. The number of ether oxygens (including phenoxy) is 4. The van der Waals surface area contributed by atoms with Gasteiger partial charge in [-0.15, -0.1) is 0 Å². The zero-order valence-corrected chi connectivity index (χ0v) is 24.5. The van der Waals surface area contributed by atoms with Gasteiger partial charge in [0.15, 0.2) is 30.6 Å². The summed E-state index contributed by atoms with van der Waals surface area (Å²) in [6.07, 6.45) is 0. The summed E-state index contributed by atoms with van der Waals surface area (Å²) in [5, 5.41) is 9.42. The monoisotopic (exact) mass is 620 g/mol. The van der Waals surface area contributed by atoms with Gasteiger partial charge in [-0.3, -0.25) is 29.0 Å². The molecule has 0 aromatic heterocycles. The van der Waals surface area contributed by atoms with E-state index in [1.54, 1.807) is 13.8 Å². The molecule has 0 saturated heterocycles. The zero-order valence-electron chi connectivity index (χ0n) is 24.5. The van der Waals surface area contributed by atoms with Crippen molar-refractivity contribution < 1.29 is 61.6 Å². The van der Waals surface area contributed by atoms with E-state index < -0.39 is 70.4 Å². The number of esters is 2. The van der Waals surface area contributed by atoms with Crippen LogP contribution in [0.15, 0.2) is 24.3 Å². The van der Waals surface area contributed by atoms with Gasteiger partial charge >= 0.3 is 11.9 Å². The predicted molar refractivity (Wildman–Crippen MR) is 148 cm³/mol. The van der Waals surface area contributed by atoms with Crippen LogP contribution in [-0.4, -0.2) is 78.9 Å². The van der Waals surface area contributed by atoms with Gasteiger partial charge in [0, 0.05) is 25.1 Å². The lowest BCUT2D eigenvalue weighted by atomic mass is 10.0. The number of carbonyl (C=O) groups excluding carboxylic acids is 6. The Labute approximate surface area is 250 Å². The molecule has 2 aromatic rings. The SMILES string of the molecule is CCOC(=O)C(C)N1C(=O)COc2cc(F)c(C(=O)C(C)=O)cc21.CCOC(=O)C(C)N1C(=O)COc2cc(F)c(O)cc21. The quantitative estimate of drug-likeness (QED) is 0.262. The highest BCUT2D eigenvalue weighted by Gasteiger charge is 2.36. The molecule has 44 heavy (non-hydrogen) atoms. The van der Waals surface area contributed by atoms with Crippen LogP contribution in [0.2, 0.25) is 0 Å². The van der Waals surface area contributed by atoms with Crippen LogP contribution in [0, 0.1) is 11.6 Å². The van der Waals surface area contributed by atoms with Gasteiger partial charge in [0.05, 0.1) is 30.2 Å². The van der Waals surface area contributed by atoms with Crippen LogP contribution in [-0.2, 0) is 33.4 Å². The Morgan fingerprint density at radius 2 is 1.25 bits per heavy atom. The van der Waals surface area contributed by atoms with Gasteiger partial charge in [-0.1, -0.05) is 0 Å². The van der Waals surface area contributed by atoms with E-state index in [9.17, 15) is 42.7 Å². The maximum absolute atomic E-state index is 14.0. The van der Waals surface area contributed by atoms with Gasteiger partial charge in [0.2, 0.25) is 5.78 Å². The number of anilines is 2. The van der Waals surface area contributed by atoms with E-state index in [4.69, 9.17) is 18.9 Å². The molecule has 0 saturated carbocycles. The molecule has 0 bridgehead atoms. The van der Waals surface area contributed by atoms with E-state index in [1.165, 1.54) is 13.8 Å². The highest BCUT2D eigenvalue weighted by molar-refractivity contribution is 6.43. The second-order valence-corrected chi connectivity index (χ2v) is 9.42. The van der Waals surface area contributed by atoms with Gasteiger partial charge in [0.25, 0.3) is 11.8 Å². The Morgan fingerprint density at radius 3 is 1.68 bits per heavy atom. The van der Waals surface area contributed by atoms with E-state index in [1.807, 2.05) is 0 Å². The van der Waals surface area contributed by atoms with Crippen molar-refractivity contribution >= 4 is 46.7 Å². The van der Waals surface area contributed by atoms with Crippen LogP contribution in [0.1, 0.15) is 45.0 Å². The maximum atomic E-state index is 14.0. The summed E-state index contributed by atoms with van der Waals surface area (Å²) in [4.78, 5) is 73.0. The fourth-order valence-electron chi connectivity index (χ4n) is 4.32. The van der Waals surface area contributed by atoms with Gasteiger partial charge < -0.3 is 24.1 Å². The van der Waals surface area contributed by atoms with Crippen molar-refractivity contribution in [2.45, 2.75) is 46.7 Å². The van der Waals surface area contributed by atoms with Crippen LogP contribution in [0.5, 0.6) is 17.2 Å². The van der Waals surface area contributed by atoms with E-state index in [-0.39, 0.29) is 49.3 Å². The number of aromatic hydroxyl groups is 1. The summed E-state index contributed by atoms with van der Waals surface area (Å²) >= 11 is 0. The Morgan fingerprint density at radius 1 is 0.818 bits per heavy atom. The van der Waals surface area contributed by atoms with Gasteiger partial charge in [-0.25, -0.2) is 18.4 Å². The first kappa shape index (κ1) is 33.4. The summed E-state index contributed by atoms with van der Waals surface area (Å²) in [6, 6.07) is 2.10. The van der Waals surface area contributed by atoms with Gasteiger partial charge in [0.1, 0.15) is 29.4 Å². The summed E-state index contributed by atoms with van der Waals surface area (Å²) in [6.45, 7) is 6.86. The molecule has 2 aliphatic rings. The number of carbonyl (C=O) groups is 6. The molecule has 13 nitrogen and oxygen atoms in total. The Bertz CT molecular complexity index is 1510. The maximum Gasteiger partial charge on any atom is 0.328 e. The van der Waals surface area contributed by atoms with Crippen LogP contribution in [0.3, 0.4) is 0 Å². The third kappa shape index (κ3) is 6.93. The molecule has 15 heteroatoms. The largest absolute Gasteiger partial charge is 0.505 e. The molecule has 2 heterocycles. The lowest BCUT2D eigenvalue weighted by molar-refractivity contribution is -0.146. The molecular formula is C29H30F2N2O11. The number of Topliss-reactive ketones (excluding diaryl/α,β-unsaturated/α-hetero) is 2. The predicted octanol–water partition coefficient (Wildman–Crippen LogP) is 2.48. The number of ketones is 2. The number of halogens is 2. The van der Waals surface area contributed by atoms with E-state index in [0.29, 0.717) is 0 Å². The standard InChI is InChI=1S/C16H16FNO6.C13H14FNO5/c1-4-23-16(22)8(2)18-12-5-10(15(21)9(3)19)11(17)6-13(12)24-7-14(18)20;1-3-19-13(18)7(2)15-9-5-10(16)8(14)4-11(9)20-6-12(15)17/h5-6,8H,4,7H2,1-3H3;4-5,7,16H,3,6H2,1-2H3. The average molecular weight is 621 g/mol. The Hall–Kier alpha value is -5.08. The lowest BCUT2D eigenvalue weighted by Crippen LogP contribution is -2.48. The Balaban J connectivity index is 0.000000244. The minimum atomic E-state index is -1.03. The second kappa shape index (κ2) is 13.9. The number of hydrogen-bond acceptors (Lipinski definition) is 11. The zero-order chi connectivity index (χ0) is 32.9. The summed E-state index contributed by atoms with van der Waals surface area (Å²) in [7, 11) is 0. The summed E-state index contributed by atoms with van der Waals surface area (Å²) in [5.74, 6) is -6.45. The number of hydrogen-bond donors (Lipinski definition) is 1. The van der Waals surface area contributed by atoms with Crippen molar-refractivity contribution in [1.82, 2.24) is 0 Å². The molecule has 0 spiro atoms. The fourth-order valence-corrected chi connectivity index (χ4v) is 4.32. The Kier molecular flexibility index (Phi) is 10.6. The van der Waals surface area contributed by atoms with E-state index in [0.717, 1.165) is 41.0 Å². The molecule has 0 aliphatic carbocycles. The van der Waals surface area contributed by atoms with Gasteiger partial charge in [-0.2, -0.15) is 0 Å². The molecule has 0 radical (unpaired) electrons. The molecule has 236 valence electrons. The lowest BCUT2D eigenvalue weighted by Gasteiger charge is -2.33. The van der Waals surface area contributed by atoms with Crippen molar-refractivity contribution in [2.24, 2.45) is 0 Å². The topological polar surface area (TPSA) is 166 Å². The number of amides is 2. The van der Waals surface area contributed by atoms with Crippen LogP contribution in [0.4, 0.5) is 20.2 Å². The summed E-state index contributed by atoms with van der Waals surface area (Å²) < 4.78 is 47.3.